The first-order chi connectivity index (χ1) is 10.6. The average Bonchev–Trinajstić information content (AvgIpc) is 3.03. The maximum atomic E-state index is 12.6. The summed E-state index contributed by atoms with van der Waals surface area (Å²) in [7, 11) is 1.82. The van der Waals surface area contributed by atoms with Crippen LogP contribution in [0.15, 0.2) is 54.5 Å². The van der Waals surface area contributed by atoms with Gasteiger partial charge >= 0.3 is 0 Å². The molecular formula is C18H12N2O2. The second-order valence-electron chi connectivity index (χ2n) is 5.39. The van der Waals surface area contributed by atoms with Crippen molar-refractivity contribution in [2.45, 2.75) is 0 Å². The van der Waals surface area contributed by atoms with Crippen LogP contribution in [0, 0.1) is 0 Å². The first-order valence-electron chi connectivity index (χ1n) is 6.95. The molecular weight excluding hydrogens is 276 g/mol. The number of Topliss-reactive ketones (excluding diaryl/α,β-unsaturated/α-hetero) is 2. The molecule has 0 unspecified atom stereocenters. The molecule has 4 nitrogen and oxygen atoms in total. The van der Waals surface area contributed by atoms with Crippen LogP contribution in [0.2, 0.25) is 0 Å². The number of benzene rings is 2. The molecule has 1 aliphatic carbocycles. The van der Waals surface area contributed by atoms with E-state index >= 15 is 0 Å². The minimum Gasteiger partial charge on any atom is -0.334 e. The molecule has 0 saturated carbocycles. The Morgan fingerprint density at radius 2 is 1.59 bits per heavy atom. The number of aryl methyl sites for hydroxylation is 1. The van der Waals surface area contributed by atoms with Crippen LogP contribution in [0.4, 0.5) is 0 Å². The highest BCUT2D eigenvalue weighted by molar-refractivity contribution is 6.42. The molecule has 0 aliphatic heterocycles. The SMILES string of the molecule is Cn1cncc1C=C1C(=O)c2cc3ccccc3cc2C1=O. The highest BCUT2D eigenvalue weighted by atomic mass is 16.2. The Labute approximate surface area is 126 Å². The number of ketones is 2. The second kappa shape index (κ2) is 4.49. The van der Waals surface area contributed by atoms with E-state index in [1.165, 1.54) is 0 Å². The van der Waals surface area contributed by atoms with Gasteiger partial charge in [-0.1, -0.05) is 24.3 Å². The number of nitrogens with zero attached hydrogens (tertiary/aromatic N) is 2. The standard InChI is InChI=1S/C18H12N2O2/c1-20-10-19-9-13(20)8-16-17(21)14-6-11-4-2-3-5-12(11)7-15(14)18(16)22/h2-10H,1H3. The van der Waals surface area contributed by atoms with E-state index in [1.54, 1.807) is 35.3 Å². The second-order valence-corrected chi connectivity index (χ2v) is 5.39. The molecule has 4 rings (SSSR count). The van der Waals surface area contributed by atoms with E-state index in [0.29, 0.717) is 11.1 Å². The molecule has 1 aliphatic rings. The summed E-state index contributed by atoms with van der Waals surface area (Å²) < 4.78 is 1.77. The van der Waals surface area contributed by atoms with Gasteiger partial charge in [0, 0.05) is 18.2 Å². The van der Waals surface area contributed by atoms with E-state index in [2.05, 4.69) is 4.98 Å². The van der Waals surface area contributed by atoms with Crippen molar-refractivity contribution in [3.05, 3.63) is 71.3 Å². The Hall–Kier alpha value is -3.01. The number of rotatable bonds is 1. The lowest BCUT2D eigenvalue weighted by Crippen LogP contribution is -2.01. The van der Waals surface area contributed by atoms with Crippen molar-refractivity contribution in [3.8, 4) is 0 Å². The van der Waals surface area contributed by atoms with Gasteiger partial charge in [0.25, 0.3) is 0 Å². The summed E-state index contributed by atoms with van der Waals surface area (Å²) in [5, 5.41) is 1.92. The topological polar surface area (TPSA) is 52.0 Å². The van der Waals surface area contributed by atoms with Gasteiger partial charge in [0.1, 0.15) is 0 Å². The number of carbonyl (C=O) groups excluding carboxylic acids is 2. The molecule has 0 bridgehead atoms. The smallest absolute Gasteiger partial charge is 0.197 e. The molecule has 0 atom stereocenters. The van der Waals surface area contributed by atoms with E-state index in [-0.39, 0.29) is 17.1 Å². The van der Waals surface area contributed by atoms with E-state index in [0.717, 1.165) is 16.5 Å². The largest absolute Gasteiger partial charge is 0.334 e. The molecule has 0 N–H and O–H groups in total. The monoisotopic (exact) mass is 288 g/mol. The predicted octanol–water partition coefficient (Wildman–Crippen LogP) is 3.04. The maximum Gasteiger partial charge on any atom is 0.197 e. The van der Waals surface area contributed by atoms with E-state index in [4.69, 9.17) is 0 Å². The molecule has 106 valence electrons. The zero-order valence-corrected chi connectivity index (χ0v) is 11.9. The summed E-state index contributed by atoms with van der Waals surface area (Å²) in [5.41, 5.74) is 1.90. The van der Waals surface area contributed by atoms with Crippen LogP contribution < -0.4 is 0 Å². The lowest BCUT2D eigenvalue weighted by molar-refractivity contribution is 0.0990. The zero-order valence-electron chi connectivity index (χ0n) is 11.9. The number of imidazole rings is 1. The maximum absolute atomic E-state index is 12.6. The Morgan fingerprint density at radius 3 is 2.09 bits per heavy atom. The van der Waals surface area contributed by atoms with Gasteiger partial charge in [-0.15, -0.1) is 0 Å². The Balaban J connectivity index is 1.91. The molecule has 0 radical (unpaired) electrons. The van der Waals surface area contributed by atoms with Crippen LogP contribution in [-0.2, 0) is 7.05 Å². The summed E-state index contributed by atoms with van der Waals surface area (Å²) in [6.07, 6.45) is 4.88. The lowest BCUT2D eigenvalue weighted by atomic mass is 10.0. The van der Waals surface area contributed by atoms with Crippen molar-refractivity contribution in [1.82, 2.24) is 9.55 Å². The first kappa shape index (κ1) is 12.7. The summed E-state index contributed by atoms with van der Waals surface area (Å²) in [5.74, 6) is -0.432. The number of hydrogen-bond donors (Lipinski definition) is 0. The van der Waals surface area contributed by atoms with E-state index in [1.807, 2.05) is 31.3 Å². The van der Waals surface area contributed by atoms with Crippen LogP contribution in [0.1, 0.15) is 26.4 Å². The van der Waals surface area contributed by atoms with Gasteiger partial charge in [0.2, 0.25) is 0 Å². The highest BCUT2D eigenvalue weighted by Gasteiger charge is 2.33. The third kappa shape index (κ3) is 1.74. The van der Waals surface area contributed by atoms with Crippen LogP contribution in [-0.4, -0.2) is 21.1 Å². The molecule has 4 heteroatoms. The number of fused-ring (bicyclic) bond motifs is 2. The molecule has 0 fully saturated rings. The molecule has 2 aromatic carbocycles. The van der Waals surface area contributed by atoms with Crippen LogP contribution >= 0.6 is 0 Å². The number of carbonyl (C=O) groups is 2. The lowest BCUT2D eigenvalue weighted by Gasteiger charge is -2.00. The molecule has 0 saturated heterocycles. The Bertz CT molecular complexity index is 923. The molecule has 1 aromatic heterocycles. The van der Waals surface area contributed by atoms with Gasteiger partial charge in [0.15, 0.2) is 11.6 Å². The molecule has 0 amide bonds. The summed E-state index contributed by atoms with van der Waals surface area (Å²) in [6.45, 7) is 0. The molecule has 3 aromatic rings. The molecule has 22 heavy (non-hydrogen) atoms. The van der Waals surface area contributed by atoms with Crippen molar-refractivity contribution in [2.75, 3.05) is 0 Å². The predicted molar refractivity (Wildman–Crippen MR) is 83.8 cm³/mol. The summed E-state index contributed by atoms with van der Waals surface area (Å²) in [6, 6.07) is 11.3. The van der Waals surface area contributed by atoms with Gasteiger partial charge in [-0.25, -0.2) is 4.98 Å². The van der Waals surface area contributed by atoms with Crippen molar-refractivity contribution in [2.24, 2.45) is 7.05 Å². The fraction of sp³-hybridized carbons (Fsp3) is 0.0556. The van der Waals surface area contributed by atoms with Crippen molar-refractivity contribution in [1.29, 1.82) is 0 Å². The van der Waals surface area contributed by atoms with E-state index < -0.39 is 0 Å². The van der Waals surface area contributed by atoms with Gasteiger partial charge in [-0.3, -0.25) is 9.59 Å². The quantitative estimate of drug-likeness (QED) is 0.511. The number of allylic oxidation sites excluding steroid dienone is 1. The van der Waals surface area contributed by atoms with Gasteiger partial charge in [-0.2, -0.15) is 0 Å². The van der Waals surface area contributed by atoms with Crippen molar-refractivity contribution in [3.63, 3.8) is 0 Å². The van der Waals surface area contributed by atoms with Crippen molar-refractivity contribution < 1.29 is 9.59 Å². The Morgan fingerprint density at radius 1 is 1.00 bits per heavy atom. The number of hydrogen-bond acceptors (Lipinski definition) is 3. The van der Waals surface area contributed by atoms with Gasteiger partial charge in [-0.05, 0) is 29.0 Å². The van der Waals surface area contributed by atoms with Crippen LogP contribution in [0.25, 0.3) is 16.8 Å². The highest BCUT2D eigenvalue weighted by Crippen LogP contribution is 2.31. The van der Waals surface area contributed by atoms with Crippen LogP contribution in [0.5, 0.6) is 0 Å². The zero-order chi connectivity index (χ0) is 15.3. The van der Waals surface area contributed by atoms with Crippen LogP contribution in [0.3, 0.4) is 0 Å². The Kier molecular flexibility index (Phi) is 2.60. The van der Waals surface area contributed by atoms with Gasteiger partial charge in [0.05, 0.1) is 23.8 Å². The number of aromatic nitrogens is 2. The fourth-order valence-electron chi connectivity index (χ4n) is 2.79. The van der Waals surface area contributed by atoms with Gasteiger partial charge < -0.3 is 4.57 Å². The first-order valence-corrected chi connectivity index (χ1v) is 6.95. The fourth-order valence-corrected chi connectivity index (χ4v) is 2.79. The molecule has 0 spiro atoms. The average molecular weight is 288 g/mol. The molecule has 1 heterocycles. The van der Waals surface area contributed by atoms with Crippen molar-refractivity contribution >= 4 is 28.4 Å². The third-order valence-corrected chi connectivity index (χ3v) is 4.01. The minimum atomic E-state index is -0.216. The summed E-state index contributed by atoms with van der Waals surface area (Å²) >= 11 is 0. The van der Waals surface area contributed by atoms with E-state index in [9.17, 15) is 9.59 Å². The minimum absolute atomic E-state index is 0.203. The normalized spacial score (nSPS) is 13.8. The summed E-state index contributed by atoms with van der Waals surface area (Å²) in [4.78, 5) is 29.1. The third-order valence-electron chi connectivity index (χ3n) is 4.01.